The van der Waals surface area contributed by atoms with Gasteiger partial charge in [-0.2, -0.15) is 0 Å². The molecule has 1 fully saturated rings. The summed E-state index contributed by atoms with van der Waals surface area (Å²) in [6.45, 7) is 9.40. The molecule has 0 heterocycles. The van der Waals surface area contributed by atoms with Crippen LogP contribution in [-0.2, 0) is 0 Å². The molecule has 0 spiro atoms. The molecule has 0 radical (unpaired) electrons. The Bertz CT molecular complexity index is 261. The summed E-state index contributed by atoms with van der Waals surface area (Å²) in [4.78, 5) is 0. The maximum absolute atomic E-state index is 2.40. The van der Waals surface area contributed by atoms with Crippen LogP contribution in [0.15, 0.2) is 11.1 Å². The highest BCUT2D eigenvalue weighted by Gasteiger charge is 2.27. The molecule has 1 aliphatic rings. The molecule has 1 saturated carbocycles. The van der Waals surface area contributed by atoms with Gasteiger partial charge in [0.2, 0.25) is 0 Å². The largest absolute Gasteiger partial charge is 0.0707 e. The molecule has 1 aliphatic carbocycles. The van der Waals surface area contributed by atoms with E-state index in [2.05, 4.69) is 27.7 Å². The average Bonchev–Trinajstić information content (AvgIpc) is 3.13. The summed E-state index contributed by atoms with van der Waals surface area (Å²) >= 11 is 0. The Morgan fingerprint density at radius 2 is 1.68 bits per heavy atom. The van der Waals surface area contributed by atoms with Gasteiger partial charge in [0.1, 0.15) is 0 Å². The Labute approximate surface area is 122 Å². The summed E-state index contributed by atoms with van der Waals surface area (Å²) in [6, 6.07) is 0. The molecule has 0 aromatic carbocycles. The van der Waals surface area contributed by atoms with Crippen molar-refractivity contribution in [3.63, 3.8) is 0 Å². The van der Waals surface area contributed by atoms with Crippen molar-refractivity contribution in [2.24, 2.45) is 11.8 Å². The molecule has 0 saturated heterocycles. The van der Waals surface area contributed by atoms with Crippen molar-refractivity contribution in [1.82, 2.24) is 0 Å². The fourth-order valence-electron chi connectivity index (χ4n) is 3.33. The normalized spacial score (nSPS) is 22.4. The molecule has 19 heavy (non-hydrogen) atoms. The summed E-state index contributed by atoms with van der Waals surface area (Å²) in [5.41, 5.74) is 3.67. The summed E-state index contributed by atoms with van der Waals surface area (Å²) in [6.07, 6.45) is 15.5. The van der Waals surface area contributed by atoms with Gasteiger partial charge in [-0.1, -0.05) is 77.4 Å². The minimum absolute atomic E-state index is 0.926. The van der Waals surface area contributed by atoms with Crippen LogP contribution < -0.4 is 0 Å². The van der Waals surface area contributed by atoms with Gasteiger partial charge in [-0.05, 0) is 43.9 Å². The molecule has 2 unspecified atom stereocenters. The van der Waals surface area contributed by atoms with E-state index in [9.17, 15) is 0 Å². The van der Waals surface area contributed by atoms with E-state index in [1.807, 2.05) is 11.1 Å². The summed E-state index contributed by atoms with van der Waals surface area (Å²) < 4.78 is 0. The van der Waals surface area contributed by atoms with Crippen LogP contribution >= 0.6 is 0 Å². The van der Waals surface area contributed by atoms with Gasteiger partial charge in [0, 0.05) is 0 Å². The van der Waals surface area contributed by atoms with Crippen molar-refractivity contribution in [3.05, 3.63) is 11.1 Å². The molecule has 0 aliphatic heterocycles. The molecule has 0 aromatic heterocycles. The lowest BCUT2D eigenvalue weighted by atomic mass is 9.93. The predicted octanol–water partition coefficient (Wildman–Crippen LogP) is 6.90. The maximum Gasteiger partial charge on any atom is -0.0191 e. The third-order valence-electron chi connectivity index (χ3n) is 4.86. The SMILES string of the molecule is CCCCC(CCCCC(CC)CCC)=C1CC1C. The average molecular weight is 264 g/mol. The van der Waals surface area contributed by atoms with Gasteiger partial charge in [-0.15, -0.1) is 0 Å². The first-order chi connectivity index (χ1) is 9.22. The topological polar surface area (TPSA) is 0 Å². The molecular formula is C19H36. The molecule has 0 aromatic rings. The lowest BCUT2D eigenvalue weighted by molar-refractivity contribution is 0.413. The molecular weight excluding hydrogens is 228 g/mol. The molecule has 0 amide bonds. The number of hydrogen-bond acceptors (Lipinski definition) is 0. The van der Waals surface area contributed by atoms with Crippen LogP contribution in [0.25, 0.3) is 0 Å². The van der Waals surface area contributed by atoms with Gasteiger partial charge in [0.25, 0.3) is 0 Å². The lowest BCUT2D eigenvalue weighted by Crippen LogP contribution is -1.98. The number of unbranched alkanes of at least 4 members (excludes halogenated alkanes) is 2. The smallest absolute Gasteiger partial charge is 0.0191 e. The Kier molecular flexibility index (Phi) is 8.50. The Morgan fingerprint density at radius 1 is 1.00 bits per heavy atom. The second-order valence-corrected chi connectivity index (χ2v) is 6.65. The lowest BCUT2D eigenvalue weighted by Gasteiger charge is -2.14. The second kappa shape index (κ2) is 9.61. The van der Waals surface area contributed by atoms with Crippen molar-refractivity contribution >= 4 is 0 Å². The van der Waals surface area contributed by atoms with E-state index in [-0.39, 0.29) is 0 Å². The maximum atomic E-state index is 2.40. The van der Waals surface area contributed by atoms with E-state index >= 15 is 0 Å². The molecule has 2 atom stereocenters. The highest BCUT2D eigenvalue weighted by atomic mass is 14.3. The first kappa shape index (κ1) is 16.8. The summed E-state index contributed by atoms with van der Waals surface area (Å²) in [7, 11) is 0. The quantitative estimate of drug-likeness (QED) is 0.281. The third kappa shape index (κ3) is 6.63. The van der Waals surface area contributed by atoms with Gasteiger partial charge >= 0.3 is 0 Å². The van der Waals surface area contributed by atoms with E-state index in [0.717, 1.165) is 11.8 Å². The number of allylic oxidation sites excluding steroid dienone is 2. The fraction of sp³-hybridized carbons (Fsp3) is 0.895. The van der Waals surface area contributed by atoms with E-state index in [4.69, 9.17) is 0 Å². The first-order valence-electron chi connectivity index (χ1n) is 8.93. The van der Waals surface area contributed by atoms with Crippen LogP contribution in [0, 0.1) is 11.8 Å². The van der Waals surface area contributed by atoms with Crippen molar-refractivity contribution in [2.75, 3.05) is 0 Å². The number of hydrogen-bond donors (Lipinski definition) is 0. The minimum atomic E-state index is 0.926. The monoisotopic (exact) mass is 264 g/mol. The van der Waals surface area contributed by atoms with Crippen molar-refractivity contribution in [1.29, 1.82) is 0 Å². The van der Waals surface area contributed by atoms with Crippen molar-refractivity contribution in [2.45, 2.75) is 98.3 Å². The molecule has 0 bridgehead atoms. The Hall–Kier alpha value is -0.260. The minimum Gasteiger partial charge on any atom is -0.0707 e. The van der Waals surface area contributed by atoms with Crippen LogP contribution in [0.3, 0.4) is 0 Å². The first-order valence-corrected chi connectivity index (χ1v) is 8.93. The summed E-state index contributed by atoms with van der Waals surface area (Å²) in [5, 5.41) is 0. The second-order valence-electron chi connectivity index (χ2n) is 6.65. The third-order valence-corrected chi connectivity index (χ3v) is 4.86. The van der Waals surface area contributed by atoms with Crippen LogP contribution in [0.1, 0.15) is 98.3 Å². The van der Waals surface area contributed by atoms with Crippen LogP contribution in [0.2, 0.25) is 0 Å². The van der Waals surface area contributed by atoms with Gasteiger partial charge in [0.15, 0.2) is 0 Å². The predicted molar refractivity (Wildman–Crippen MR) is 87.5 cm³/mol. The summed E-state index contributed by atoms with van der Waals surface area (Å²) in [5.74, 6) is 1.92. The van der Waals surface area contributed by atoms with Gasteiger partial charge in [0.05, 0.1) is 0 Å². The van der Waals surface area contributed by atoms with Gasteiger partial charge in [-0.3, -0.25) is 0 Å². The molecule has 0 N–H and O–H groups in total. The van der Waals surface area contributed by atoms with E-state index in [1.54, 1.807) is 0 Å². The molecule has 0 nitrogen and oxygen atoms in total. The molecule has 1 rings (SSSR count). The van der Waals surface area contributed by atoms with Crippen LogP contribution in [-0.4, -0.2) is 0 Å². The van der Waals surface area contributed by atoms with E-state index in [1.165, 1.54) is 70.6 Å². The van der Waals surface area contributed by atoms with Crippen molar-refractivity contribution < 1.29 is 0 Å². The highest BCUT2D eigenvalue weighted by molar-refractivity contribution is 5.29. The van der Waals surface area contributed by atoms with Crippen LogP contribution in [0.4, 0.5) is 0 Å². The van der Waals surface area contributed by atoms with Gasteiger partial charge in [-0.25, -0.2) is 0 Å². The van der Waals surface area contributed by atoms with E-state index < -0.39 is 0 Å². The van der Waals surface area contributed by atoms with E-state index in [0.29, 0.717) is 0 Å². The fourth-order valence-corrected chi connectivity index (χ4v) is 3.33. The van der Waals surface area contributed by atoms with Crippen LogP contribution in [0.5, 0.6) is 0 Å². The zero-order valence-electron chi connectivity index (χ0n) is 13.9. The highest BCUT2D eigenvalue weighted by Crippen LogP contribution is 2.42. The molecule has 0 heteroatoms. The van der Waals surface area contributed by atoms with Crippen molar-refractivity contribution in [3.8, 4) is 0 Å². The standard InChI is InChI=1S/C19H36/c1-5-8-13-18(19-15-16(19)4)14-10-9-12-17(7-3)11-6-2/h16-17H,5-15H2,1-4H3. The Balaban J connectivity index is 2.22. The zero-order chi connectivity index (χ0) is 14.1. The molecule has 112 valence electrons. The number of rotatable bonds is 11. The zero-order valence-corrected chi connectivity index (χ0v) is 13.9. The van der Waals surface area contributed by atoms with Gasteiger partial charge < -0.3 is 0 Å². The Morgan fingerprint density at radius 3 is 2.21 bits per heavy atom.